The lowest BCUT2D eigenvalue weighted by Crippen LogP contribution is -2.08. The minimum absolute atomic E-state index is 0.0105. The van der Waals surface area contributed by atoms with Gasteiger partial charge < -0.3 is 9.73 Å². The Balaban J connectivity index is 1.62. The van der Waals surface area contributed by atoms with Crippen LogP contribution in [0.15, 0.2) is 41.0 Å². The first kappa shape index (κ1) is 13.8. The lowest BCUT2D eigenvalue weighted by molar-refractivity contribution is 0.577. The second-order valence-corrected chi connectivity index (χ2v) is 4.53. The van der Waals surface area contributed by atoms with Crippen molar-refractivity contribution >= 4 is 5.69 Å². The average molecular weight is 297 g/mol. The number of aromatic nitrogens is 3. The number of aromatic amines is 1. The Labute approximate surface area is 125 Å². The van der Waals surface area contributed by atoms with E-state index in [0.29, 0.717) is 36.1 Å². The minimum Gasteiger partial charge on any atom is -0.461 e. The summed E-state index contributed by atoms with van der Waals surface area (Å²) < 4.78 is 18.7. The van der Waals surface area contributed by atoms with Gasteiger partial charge in [0.15, 0.2) is 5.76 Å². The number of halogens is 1. The molecule has 3 rings (SSSR count). The van der Waals surface area contributed by atoms with Crippen LogP contribution in [0.5, 0.6) is 0 Å². The zero-order valence-corrected chi connectivity index (χ0v) is 11.5. The molecule has 0 aliphatic carbocycles. The summed E-state index contributed by atoms with van der Waals surface area (Å²) in [5, 5.41) is 18.9. The Morgan fingerprint density at radius 2 is 2.23 bits per heavy atom. The molecule has 22 heavy (non-hydrogen) atoms. The predicted molar refractivity (Wildman–Crippen MR) is 77.4 cm³/mol. The number of nitrogens with zero attached hydrogens (tertiary/aromatic N) is 3. The maximum absolute atomic E-state index is 13.5. The third-order valence-corrected chi connectivity index (χ3v) is 3.08. The third kappa shape index (κ3) is 2.81. The van der Waals surface area contributed by atoms with Crippen molar-refractivity contribution < 1.29 is 8.81 Å². The monoisotopic (exact) mass is 297 g/mol. The molecule has 0 saturated carbocycles. The van der Waals surface area contributed by atoms with Crippen LogP contribution in [-0.2, 0) is 6.42 Å². The number of hydrogen-bond acceptors (Lipinski definition) is 5. The molecule has 0 amide bonds. The molecule has 0 aliphatic heterocycles. The van der Waals surface area contributed by atoms with E-state index in [9.17, 15) is 4.39 Å². The van der Waals surface area contributed by atoms with Crippen molar-refractivity contribution in [2.75, 3.05) is 11.9 Å². The maximum atomic E-state index is 13.5. The highest BCUT2D eigenvalue weighted by Gasteiger charge is 2.09. The summed E-state index contributed by atoms with van der Waals surface area (Å²) in [6, 6.07) is 9.87. The SMILES string of the molecule is N#Cc1c(F)cccc1NCCc1nc(-c2ccco2)n[nH]1. The molecule has 1 aromatic carbocycles. The van der Waals surface area contributed by atoms with E-state index >= 15 is 0 Å². The number of nitriles is 1. The van der Waals surface area contributed by atoms with E-state index in [-0.39, 0.29) is 5.56 Å². The highest BCUT2D eigenvalue weighted by molar-refractivity contribution is 5.57. The summed E-state index contributed by atoms with van der Waals surface area (Å²) in [6.07, 6.45) is 2.11. The van der Waals surface area contributed by atoms with Crippen molar-refractivity contribution in [2.45, 2.75) is 6.42 Å². The first-order chi connectivity index (χ1) is 10.8. The molecule has 0 radical (unpaired) electrons. The molecule has 2 N–H and O–H groups in total. The molecule has 2 aromatic heterocycles. The average Bonchev–Trinajstić information content (AvgIpc) is 3.18. The smallest absolute Gasteiger partial charge is 0.216 e. The van der Waals surface area contributed by atoms with Crippen molar-refractivity contribution in [2.24, 2.45) is 0 Å². The van der Waals surface area contributed by atoms with Crippen LogP contribution in [0.2, 0.25) is 0 Å². The topological polar surface area (TPSA) is 90.5 Å². The van der Waals surface area contributed by atoms with Gasteiger partial charge in [0, 0.05) is 13.0 Å². The normalized spacial score (nSPS) is 10.4. The lowest BCUT2D eigenvalue weighted by atomic mass is 10.2. The molecule has 0 bridgehead atoms. The first-order valence-corrected chi connectivity index (χ1v) is 6.65. The summed E-state index contributed by atoms with van der Waals surface area (Å²) >= 11 is 0. The quantitative estimate of drug-likeness (QED) is 0.755. The van der Waals surface area contributed by atoms with Crippen LogP contribution >= 0.6 is 0 Å². The fourth-order valence-corrected chi connectivity index (χ4v) is 2.02. The van der Waals surface area contributed by atoms with Crippen LogP contribution in [0, 0.1) is 17.1 Å². The number of rotatable bonds is 5. The van der Waals surface area contributed by atoms with E-state index in [1.54, 1.807) is 30.5 Å². The van der Waals surface area contributed by atoms with Crippen molar-refractivity contribution in [3.8, 4) is 17.7 Å². The molecule has 3 aromatic rings. The number of furan rings is 1. The molecule has 0 atom stereocenters. The van der Waals surface area contributed by atoms with Crippen LogP contribution < -0.4 is 5.32 Å². The van der Waals surface area contributed by atoms with Gasteiger partial charge in [0.2, 0.25) is 5.82 Å². The van der Waals surface area contributed by atoms with Gasteiger partial charge in [-0.15, -0.1) is 0 Å². The Kier molecular flexibility index (Phi) is 3.83. The highest BCUT2D eigenvalue weighted by atomic mass is 19.1. The molecule has 7 heteroatoms. The second kappa shape index (κ2) is 6.10. The van der Waals surface area contributed by atoms with Crippen molar-refractivity contribution in [1.82, 2.24) is 15.2 Å². The van der Waals surface area contributed by atoms with Crippen molar-refractivity contribution in [3.63, 3.8) is 0 Å². The van der Waals surface area contributed by atoms with E-state index in [1.165, 1.54) is 6.07 Å². The van der Waals surface area contributed by atoms with Crippen LogP contribution in [0.3, 0.4) is 0 Å². The summed E-state index contributed by atoms with van der Waals surface area (Å²) in [5.41, 5.74) is 0.476. The van der Waals surface area contributed by atoms with Crippen molar-refractivity contribution in [3.05, 3.63) is 53.8 Å². The van der Waals surface area contributed by atoms with E-state index in [2.05, 4.69) is 20.5 Å². The molecular formula is C15H12FN5O. The lowest BCUT2D eigenvalue weighted by Gasteiger charge is -2.07. The molecule has 0 aliphatic rings. The number of hydrogen-bond donors (Lipinski definition) is 2. The molecule has 0 fully saturated rings. The van der Waals surface area contributed by atoms with Crippen LogP contribution in [0.4, 0.5) is 10.1 Å². The van der Waals surface area contributed by atoms with Gasteiger partial charge >= 0.3 is 0 Å². The summed E-state index contributed by atoms with van der Waals surface area (Å²) in [6.45, 7) is 0.491. The Morgan fingerprint density at radius 1 is 1.32 bits per heavy atom. The van der Waals surface area contributed by atoms with E-state index in [0.717, 1.165) is 0 Å². The molecule has 0 unspecified atom stereocenters. The van der Waals surface area contributed by atoms with E-state index in [1.807, 2.05) is 6.07 Å². The summed E-state index contributed by atoms with van der Waals surface area (Å²) in [5.74, 6) is 1.22. The fraction of sp³-hybridized carbons (Fsp3) is 0.133. The van der Waals surface area contributed by atoms with Crippen LogP contribution in [0.1, 0.15) is 11.4 Å². The highest BCUT2D eigenvalue weighted by Crippen LogP contribution is 2.18. The minimum atomic E-state index is -0.535. The predicted octanol–water partition coefficient (Wildman–Crippen LogP) is 2.73. The summed E-state index contributed by atoms with van der Waals surface area (Å²) in [4.78, 5) is 4.30. The van der Waals surface area contributed by atoms with E-state index < -0.39 is 5.82 Å². The van der Waals surface area contributed by atoms with E-state index in [4.69, 9.17) is 9.68 Å². The van der Waals surface area contributed by atoms with Gasteiger partial charge in [-0.2, -0.15) is 10.4 Å². The Bertz CT molecular complexity index is 804. The molecule has 0 spiro atoms. The second-order valence-electron chi connectivity index (χ2n) is 4.53. The summed E-state index contributed by atoms with van der Waals surface area (Å²) in [7, 11) is 0. The van der Waals surface area contributed by atoms with Crippen molar-refractivity contribution in [1.29, 1.82) is 5.26 Å². The molecule has 110 valence electrons. The molecular weight excluding hydrogens is 285 g/mol. The van der Waals surface area contributed by atoms with Gasteiger partial charge in [-0.05, 0) is 24.3 Å². The fourth-order valence-electron chi connectivity index (χ4n) is 2.02. The first-order valence-electron chi connectivity index (χ1n) is 6.65. The maximum Gasteiger partial charge on any atom is 0.216 e. The van der Waals surface area contributed by atoms with Crippen LogP contribution in [0.25, 0.3) is 11.6 Å². The third-order valence-electron chi connectivity index (χ3n) is 3.08. The molecule has 2 heterocycles. The van der Waals surface area contributed by atoms with Gasteiger partial charge in [0.25, 0.3) is 0 Å². The number of anilines is 1. The zero-order valence-electron chi connectivity index (χ0n) is 11.5. The largest absolute Gasteiger partial charge is 0.461 e. The van der Waals surface area contributed by atoms with Crippen LogP contribution in [-0.4, -0.2) is 21.7 Å². The standard InChI is InChI=1S/C15H12FN5O/c16-11-3-1-4-12(10(11)9-17)18-7-6-14-19-15(21-20-14)13-5-2-8-22-13/h1-5,8,18H,6-7H2,(H,19,20,21). The van der Waals surface area contributed by atoms with Gasteiger partial charge in [-0.3, -0.25) is 5.10 Å². The Hall–Kier alpha value is -3.14. The van der Waals surface area contributed by atoms with Gasteiger partial charge in [-0.25, -0.2) is 9.37 Å². The number of nitrogens with one attached hydrogen (secondary N) is 2. The molecule has 6 nitrogen and oxygen atoms in total. The van der Waals surface area contributed by atoms with Gasteiger partial charge in [-0.1, -0.05) is 6.07 Å². The Morgan fingerprint density at radius 3 is 3.00 bits per heavy atom. The zero-order chi connectivity index (χ0) is 15.4. The number of H-pyrrole nitrogens is 1. The molecule has 0 saturated heterocycles. The van der Waals surface area contributed by atoms with Gasteiger partial charge in [0.05, 0.1) is 12.0 Å². The van der Waals surface area contributed by atoms with Gasteiger partial charge in [0.1, 0.15) is 23.3 Å². The number of benzene rings is 1.